The Morgan fingerprint density at radius 1 is 1.20 bits per heavy atom. The second-order valence-corrected chi connectivity index (χ2v) is 6.21. The molecule has 0 saturated carbocycles. The van der Waals surface area contributed by atoms with Crippen LogP contribution in [-0.2, 0) is 0 Å². The first-order chi connectivity index (χ1) is 9.74. The Labute approximate surface area is 123 Å². The molecule has 1 atom stereocenters. The molecular formula is C17H17NOS. The third-order valence-corrected chi connectivity index (χ3v) is 4.67. The van der Waals surface area contributed by atoms with Gasteiger partial charge in [-0.05, 0) is 37.1 Å². The first-order valence-corrected chi connectivity index (χ1v) is 7.82. The van der Waals surface area contributed by atoms with Crippen LogP contribution >= 0.6 is 11.8 Å². The lowest BCUT2D eigenvalue weighted by atomic mass is 10.0. The molecule has 1 N–H and O–H groups in total. The normalized spacial score (nSPS) is 17.4. The number of hydrogen-bond donors (Lipinski definition) is 1. The van der Waals surface area contributed by atoms with Gasteiger partial charge in [0.25, 0.3) is 5.91 Å². The van der Waals surface area contributed by atoms with Crippen LogP contribution in [0.3, 0.4) is 0 Å². The van der Waals surface area contributed by atoms with Gasteiger partial charge in [0, 0.05) is 16.2 Å². The van der Waals surface area contributed by atoms with Gasteiger partial charge in [0.2, 0.25) is 0 Å². The Morgan fingerprint density at radius 2 is 2.05 bits per heavy atom. The Morgan fingerprint density at radius 3 is 2.90 bits per heavy atom. The topological polar surface area (TPSA) is 29.1 Å². The quantitative estimate of drug-likeness (QED) is 0.904. The third kappa shape index (κ3) is 2.73. The summed E-state index contributed by atoms with van der Waals surface area (Å²) in [4.78, 5) is 13.6. The van der Waals surface area contributed by atoms with E-state index in [1.807, 2.05) is 49.0 Å². The first-order valence-electron chi connectivity index (χ1n) is 6.83. The van der Waals surface area contributed by atoms with E-state index in [0.29, 0.717) is 0 Å². The molecule has 0 spiro atoms. The number of aryl methyl sites for hydroxylation is 1. The lowest BCUT2D eigenvalue weighted by molar-refractivity contribution is 0.0935. The van der Waals surface area contributed by atoms with Gasteiger partial charge in [0.1, 0.15) is 0 Å². The average Bonchev–Trinajstić information content (AvgIpc) is 2.47. The molecule has 2 aromatic carbocycles. The van der Waals surface area contributed by atoms with E-state index in [1.165, 1.54) is 10.5 Å². The number of fused-ring (bicyclic) bond motifs is 1. The lowest BCUT2D eigenvalue weighted by Crippen LogP contribution is -2.30. The smallest absolute Gasteiger partial charge is 0.251 e. The van der Waals surface area contributed by atoms with Crippen molar-refractivity contribution in [3.05, 3.63) is 65.2 Å². The highest BCUT2D eigenvalue weighted by Gasteiger charge is 2.22. The number of thioether (sulfide) groups is 1. The molecule has 2 nitrogen and oxygen atoms in total. The molecule has 0 unspecified atom stereocenters. The molecular weight excluding hydrogens is 266 g/mol. The number of carbonyl (C=O) groups excluding carboxylic acids is 1. The summed E-state index contributed by atoms with van der Waals surface area (Å²) < 4.78 is 0. The summed E-state index contributed by atoms with van der Waals surface area (Å²) in [7, 11) is 0. The maximum atomic E-state index is 12.4. The fourth-order valence-corrected chi connectivity index (χ4v) is 3.65. The summed E-state index contributed by atoms with van der Waals surface area (Å²) in [5, 5.41) is 3.17. The van der Waals surface area contributed by atoms with Crippen LogP contribution in [0.15, 0.2) is 53.4 Å². The van der Waals surface area contributed by atoms with E-state index >= 15 is 0 Å². The van der Waals surface area contributed by atoms with Crippen molar-refractivity contribution in [2.75, 3.05) is 5.75 Å². The zero-order valence-electron chi connectivity index (χ0n) is 11.4. The highest BCUT2D eigenvalue weighted by molar-refractivity contribution is 7.99. The number of benzene rings is 2. The van der Waals surface area contributed by atoms with Crippen molar-refractivity contribution in [1.82, 2.24) is 5.32 Å². The van der Waals surface area contributed by atoms with E-state index < -0.39 is 0 Å². The average molecular weight is 283 g/mol. The maximum absolute atomic E-state index is 12.4. The summed E-state index contributed by atoms with van der Waals surface area (Å²) >= 11 is 1.87. The van der Waals surface area contributed by atoms with Crippen LogP contribution in [0.1, 0.15) is 33.9 Å². The summed E-state index contributed by atoms with van der Waals surface area (Å²) in [6.07, 6.45) is 0.985. The summed E-state index contributed by atoms with van der Waals surface area (Å²) in [5.74, 6) is 1.07. The number of amides is 1. The molecule has 1 heterocycles. The molecule has 2 aromatic rings. The molecule has 0 fully saturated rings. The second-order valence-electron chi connectivity index (χ2n) is 5.07. The zero-order chi connectivity index (χ0) is 13.9. The van der Waals surface area contributed by atoms with Crippen molar-refractivity contribution in [2.45, 2.75) is 24.3 Å². The second kappa shape index (κ2) is 5.71. The molecule has 1 aliphatic rings. The Hall–Kier alpha value is -1.74. The van der Waals surface area contributed by atoms with Crippen LogP contribution in [-0.4, -0.2) is 11.7 Å². The van der Waals surface area contributed by atoms with Crippen LogP contribution < -0.4 is 5.32 Å². The lowest BCUT2D eigenvalue weighted by Gasteiger charge is -2.25. The standard InChI is InChI=1S/C17H17NOS/c1-12-5-4-6-13(11-12)17(19)18-15-9-10-20-16-8-3-2-7-14(15)16/h2-8,11,15H,9-10H2,1H3,(H,18,19)/t15-/m1/s1. The van der Waals surface area contributed by atoms with E-state index in [2.05, 4.69) is 23.5 Å². The van der Waals surface area contributed by atoms with E-state index in [1.54, 1.807) is 0 Å². The minimum Gasteiger partial charge on any atom is -0.345 e. The minimum atomic E-state index is 0.0143. The van der Waals surface area contributed by atoms with Gasteiger partial charge in [-0.3, -0.25) is 4.79 Å². The molecule has 3 heteroatoms. The molecule has 1 aliphatic heterocycles. The molecule has 0 radical (unpaired) electrons. The maximum Gasteiger partial charge on any atom is 0.251 e. The molecule has 0 aromatic heterocycles. The number of rotatable bonds is 2. The molecule has 20 heavy (non-hydrogen) atoms. The number of nitrogens with one attached hydrogen (secondary N) is 1. The third-order valence-electron chi connectivity index (χ3n) is 3.54. The molecule has 0 bridgehead atoms. The predicted octanol–water partition coefficient (Wildman–Crippen LogP) is 3.96. The summed E-state index contributed by atoms with van der Waals surface area (Å²) in [6.45, 7) is 2.00. The molecule has 0 aliphatic carbocycles. The predicted molar refractivity (Wildman–Crippen MR) is 83.2 cm³/mol. The minimum absolute atomic E-state index is 0.0143. The van der Waals surface area contributed by atoms with Crippen LogP contribution in [0.25, 0.3) is 0 Å². The van der Waals surface area contributed by atoms with Crippen LogP contribution in [0.4, 0.5) is 0 Å². The fourth-order valence-electron chi connectivity index (χ4n) is 2.52. The first kappa shape index (κ1) is 13.3. The van der Waals surface area contributed by atoms with Crippen molar-refractivity contribution in [3.8, 4) is 0 Å². The van der Waals surface area contributed by atoms with Gasteiger partial charge in [-0.1, -0.05) is 35.9 Å². The van der Waals surface area contributed by atoms with Crippen molar-refractivity contribution >= 4 is 17.7 Å². The highest BCUT2D eigenvalue weighted by atomic mass is 32.2. The Balaban J connectivity index is 1.81. The van der Waals surface area contributed by atoms with Crippen LogP contribution in [0, 0.1) is 6.92 Å². The van der Waals surface area contributed by atoms with Gasteiger partial charge in [-0.15, -0.1) is 11.8 Å². The fraction of sp³-hybridized carbons (Fsp3) is 0.235. The number of hydrogen-bond acceptors (Lipinski definition) is 2. The molecule has 102 valence electrons. The Bertz CT molecular complexity index is 638. The van der Waals surface area contributed by atoms with Crippen LogP contribution in [0.2, 0.25) is 0 Å². The van der Waals surface area contributed by atoms with E-state index in [4.69, 9.17) is 0 Å². The van der Waals surface area contributed by atoms with Gasteiger partial charge in [0.15, 0.2) is 0 Å². The van der Waals surface area contributed by atoms with E-state index in [9.17, 15) is 4.79 Å². The van der Waals surface area contributed by atoms with E-state index in [0.717, 1.165) is 23.3 Å². The number of carbonyl (C=O) groups is 1. The van der Waals surface area contributed by atoms with Crippen molar-refractivity contribution < 1.29 is 4.79 Å². The molecule has 1 amide bonds. The van der Waals surface area contributed by atoms with Gasteiger partial charge < -0.3 is 5.32 Å². The SMILES string of the molecule is Cc1cccc(C(=O)N[C@@H]2CCSc3ccccc32)c1. The summed E-state index contributed by atoms with van der Waals surface area (Å²) in [6, 6.07) is 16.2. The van der Waals surface area contributed by atoms with Crippen molar-refractivity contribution in [3.63, 3.8) is 0 Å². The van der Waals surface area contributed by atoms with Crippen molar-refractivity contribution in [2.24, 2.45) is 0 Å². The van der Waals surface area contributed by atoms with Gasteiger partial charge >= 0.3 is 0 Å². The summed E-state index contributed by atoms with van der Waals surface area (Å²) in [5.41, 5.74) is 3.09. The highest BCUT2D eigenvalue weighted by Crippen LogP contribution is 2.35. The van der Waals surface area contributed by atoms with Gasteiger partial charge in [-0.25, -0.2) is 0 Å². The molecule has 3 rings (SSSR count). The monoisotopic (exact) mass is 283 g/mol. The zero-order valence-corrected chi connectivity index (χ0v) is 12.2. The largest absolute Gasteiger partial charge is 0.345 e. The molecule has 0 saturated heterocycles. The van der Waals surface area contributed by atoms with E-state index in [-0.39, 0.29) is 11.9 Å². The van der Waals surface area contributed by atoms with Crippen LogP contribution in [0.5, 0.6) is 0 Å². The van der Waals surface area contributed by atoms with Gasteiger partial charge in [-0.2, -0.15) is 0 Å². The Kier molecular flexibility index (Phi) is 3.79. The van der Waals surface area contributed by atoms with Gasteiger partial charge in [0.05, 0.1) is 6.04 Å². The van der Waals surface area contributed by atoms with Crippen molar-refractivity contribution in [1.29, 1.82) is 0 Å².